The largest absolute Gasteiger partial charge is 0.851 e. The second-order valence-corrected chi connectivity index (χ2v) is 18.4. The van der Waals surface area contributed by atoms with Crippen molar-refractivity contribution in [3.05, 3.63) is 117 Å². The Morgan fingerprint density at radius 2 is 1.11 bits per heavy atom. The van der Waals surface area contributed by atoms with Crippen LogP contribution in [0.25, 0.3) is 0 Å². The summed E-state index contributed by atoms with van der Waals surface area (Å²) in [6, 6.07) is 23.4. The first-order valence-electron chi connectivity index (χ1n) is 20.5. The molecule has 3 aliphatic rings. The molecule has 4 aromatic carbocycles. The first kappa shape index (κ1) is 40.5. The number of carbonyl (C=O) groups is 2. The van der Waals surface area contributed by atoms with Crippen molar-refractivity contribution in [3.63, 3.8) is 0 Å². The lowest BCUT2D eigenvalue weighted by atomic mass is 9.61. The van der Waals surface area contributed by atoms with E-state index in [2.05, 4.69) is 102 Å². The normalized spacial score (nSPS) is 24.4. The molecule has 57 heavy (non-hydrogen) atoms. The number of nitrogens with zero attached hydrogens (tertiary/aromatic N) is 2. The van der Waals surface area contributed by atoms with E-state index in [0.717, 1.165) is 33.6 Å². The molecule has 5 N–H and O–H groups in total. The quantitative estimate of drug-likeness (QED) is 0.137. The number of aliphatic hydroxyl groups is 1. The number of fused-ring (bicyclic) bond motifs is 2. The Morgan fingerprint density at radius 3 is 1.46 bits per heavy atom. The Morgan fingerprint density at radius 1 is 0.719 bits per heavy atom. The third kappa shape index (κ3) is 6.61. The minimum atomic E-state index is -1.27. The molecular weight excluding hydrogens is 711 g/mol. The molecule has 9 heteroatoms. The summed E-state index contributed by atoms with van der Waals surface area (Å²) in [6.45, 7) is 24.3. The van der Waals surface area contributed by atoms with Gasteiger partial charge in [-0.3, -0.25) is 9.59 Å². The van der Waals surface area contributed by atoms with Crippen LogP contribution in [0.5, 0.6) is 0 Å². The highest BCUT2D eigenvalue weighted by molar-refractivity contribution is 6.06. The number of aliphatic hydroxyl groups excluding tert-OH is 1. The molecule has 6 unspecified atom stereocenters. The van der Waals surface area contributed by atoms with E-state index in [4.69, 9.17) is 5.73 Å². The standard InChI is InChI=1S/C48H60N5O4/c1-25(2)52-28(6)47(8,9)35-20-33(37(22-39(35)52)50-45(56)31-16-12-27(5)13-17-31)41-43(54)42(44(41)55)34-21-36-40(53(26(3)4)29(7)48(36,10)11)23-38(34)51-46(57)32-18-14-30(24-49)15-19-32/h12-23,25-26,28-29,41-44,54H,24,49H2,1-11H3,(H,50,56)(H,51,57)/q-1. The van der Waals surface area contributed by atoms with Crippen molar-refractivity contribution in [1.82, 2.24) is 0 Å². The van der Waals surface area contributed by atoms with E-state index < -0.39 is 24.0 Å². The zero-order valence-corrected chi connectivity index (χ0v) is 35.4. The van der Waals surface area contributed by atoms with Crippen molar-refractivity contribution >= 4 is 34.6 Å². The average Bonchev–Trinajstić information content (AvgIpc) is 3.48. The lowest BCUT2D eigenvalue weighted by molar-refractivity contribution is -0.462. The van der Waals surface area contributed by atoms with Gasteiger partial charge in [0.25, 0.3) is 11.8 Å². The zero-order valence-electron chi connectivity index (χ0n) is 35.4. The second kappa shape index (κ2) is 14.6. The van der Waals surface area contributed by atoms with Crippen molar-refractivity contribution in [2.45, 2.75) is 142 Å². The number of anilines is 4. The third-order valence-corrected chi connectivity index (χ3v) is 13.7. The summed E-state index contributed by atoms with van der Waals surface area (Å²) >= 11 is 0. The molecule has 1 saturated carbocycles. The molecular formula is C48H60N5O4-. The molecule has 1 aliphatic carbocycles. The van der Waals surface area contributed by atoms with Gasteiger partial charge in [-0.2, -0.15) is 0 Å². The van der Waals surface area contributed by atoms with Crippen LogP contribution >= 0.6 is 0 Å². The van der Waals surface area contributed by atoms with E-state index in [1.54, 1.807) is 24.3 Å². The minimum Gasteiger partial charge on any atom is -0.851 e. The highest BCUT2D eigenvalue weighted by Crippen LogP contribution is 2.56. The van der Waals surface area contributed by atoms with Gasteiger partial charge in [0.15, 0.2) is 0 Å². The average molecular weight is 771 g/mol. The fourth-order valence-corrected chi connectivity index (χ4v) is 9.75. The number of rotatable bonds is 9. The molecule has 2 aliphatic heterocycles. The molecule has 7 rings (SSSR count). The van der Waals surface area contributed by atoms with Gasteiger partial charge in [-0.25, -0.2) is 0 Å². The molecule has 6 atom stereocenters. The van der Waals surface area contributed by atoms with Gasteiger partial charge in [-0.05, 0) is 113 Å². The molecule has 302 valence electrons. The van der Waals surface area contributed by atoms with Crippen molar-refractivity contribution in [2.24, 2.45) is 5.73 Å². The summed E-state index contributed by atoms with van der Waals surface area (Å²) in [5, 5.41) is 33.6. The number of hydrogen-bond donors (Lipinski definition) is 4. The van der Waals surface area contributed by atoms with Crippen LogP contribution in [0.2, 0.25) is 0 Å². The fourth-order valence-electron chi connectivity index (χ4n) is 9.75. The zero-order chi connectivity index (χ0) is 41.5. The van der Waals surface area contributed by atoms with Crippen LogP contribution in [0, 0.1) is 6.92 Å². The van der Waals surface area contributed by atoms with E-state index in [1.165, 1.54) is 0 Å². The summed E-state index contributed by atoms with van der Waals surface area (Å²) in [6.07, 6.45) is -2.35. The van der Waals surface area contributed by atoms with Gasteiger partial charge in [0, 0.05) is 87.3 Å². The fraction of sp³-hybridized carbons (Fsp3) is 0.458. The Labute approximate surface area is 338 Å². The molecule has 0 radical (unpaired) electrons. The Kier molecular flexibility index (Phi) is 10.4. The second-order valence-electron chi connectivity index (χ2n) is 18.4. The minimum absolute atomic E-state index is 0.152. The number of nitrogens with two attached hydrogens (primary N) is 1. The molecule has 0 aromatic heterocycles. The van der Waals surface area contributed by atoms with Crippen molar-refractivity contribution < 1.29 is 19.8 Å². The smallest absolute Gasteiger partial charge is 0.255 e. The topological polar surface area (TPSA) is 134 Å². The summed E-state index contributed by atoms with van der Waals surface area (Å²) in [4.78, 5) is 32.4. The summed E-state index contributed by atoms with van der Waals surface area (Å²) in [5.41, 5.74) is 14.8. The van der Waals surface area contributed by atoms with E-state index in [9.17, 15) is 19.8 Å². The van der Waals surface area contributed by atoms with Gasteiger partial charge >= 0.3 is 0 Å². The maximum atomic E-state index is 15.0. The lowest BCUT2D eigenvalue weighted by Gasteiger charge is -2.55. The van der Waals surface area contributed by atoms with Crippen molar-refractivity contribution in [3.8, 4) is 0 Å². The van der Waals surface area contributed by atoms with E-state index in [0.29, 0.717) is 40.2 Å². The van der Waals surface area contributed by atoms with Crippen LogP contribution in [-0.2, 0) is 17.4 Å². The SMILES string of the molecule is Cc1ccc(C(=O)Nc2cc3c(cc2C2C([O-])C(c4cc5c(cc4NC(=O)c4ccc(CN)cc4)N(C(C)C)C(C)C5(C)C)C2O)C(C)(C)C(C)N3C(C)C)cc1. The Balaban J connectivity index is 1.33. The van der Waals surface area contributed by atoms with Gasteiger partial charge in [0.2, 0.25) is 0 Å². The van der Waals surface area contributed by atoms with Gasteiger partial charge in [0.1, 0.15) is 0 Å². The van der Waals surface area contributed by atoms with Gasteiger partial charge < -0.3 is 36.4 Å². The molecule has 0 bridgehead atoms. The summed E-state index contributed by atoms with van der Waals surface area (Å²) < 4.78 is 0. The maximum Gasteiger partial charge on any atom is 0.255 e. The summed E-state index contributed by atoms with van der Waals surface area (Å²) in [7, 11) is 0. The van der Waals surface area contributed by atoms with Crippen LogP contribution in [0.4, 0.5) is 22.7 Å². The number of carbonyl (C=O) groups excluding carboxylic acids is 2. The van der Waals surface area contributed by atoms with Crippen LogP contribution in [0.1, 0.15) is 135 Å². The van der Waals surface area contributed by atoms with Crippen LogP contribution in [0.15, 0.2) is 72.8 Å². The number of aryl methyl sites for hydroxylation is 1. The highest BCUT2D eigenvalue weighted by Gasteiger charge is 2.51. The number of nitrogens with one attached hydrogen (secondary N) is 2. The van der Waals surface area contributed by atoms with Gasteiger partial charge in [0.05, 0.1) is 6.10 Å². The van der Waals surface area contributed by atoms with E-state index in [1.807, 2.05) is 43.3 Å². The summed E-state index contributed by atoms with van der Waals surface area (Å²) in [5.74, 6) is -2.21. The first-order valence-corrected chi connectivity index (χ1v) is 20.5. The van der Waals surface area contributed by atoms with Crippen molar-refractivity contribution in [1.29, 1.82) is 0 Å². The predicted octanol–water partition coefficient (Wildman–Crippen LogP) is 7.72. The molecule has 4 aromatic rings. The van der Waals surface area contributed by atoms with E-state index >= 15 is 0 Å². The Bertz CT molecular complexity index is 2180. The van der Waals surface area contributed by atoms with Crippen LogP contribution in [-0.4, -0.2) is 53.3 Å². The predicted molar refractivity (Wildman–Crippen MR) is 230 cm³/mol. The van der Waals surface area contributed by atoms with Crippen LogP contribution in [0.3, 0.4) is 0 Å². The first-order chi connectivity index (χ1) is 26.8. The van der Waals surface area contributed by atoms with Gasteiger partial charge in [-0.15, -0.1) is 6.10 Å². The molecule has 0 spiro atoms. The maximum absolute atomic E-state index is 15.0. The van der Waals surface area contributed by atoms with Crippen LogP contribution < -0.4 is 31.3 Å². The molecule has 9 nitrogen and oxygen atoms in total. The molecule has 2 heterocycles. The molecule has 1 fully saturated rings. The molecule has 0 saturated heterocycles. The van der Waals surface area contributed by atoms with Gasteiger partial charge in [-0.1, -0.05) is 69.7 Å². The third-order valence-electron chi connectivity index (χ3n) is 13.7. The monoisotopic (exact) mass is 770 g/mol. The Hall–Kier alpha value is -4.70. The number of hydrogen-bond acceptors (Lipinski definition) is 7. The van der Waals surface area contributed by atoms with Crippen molar-refractivity contribution in [2.75, 3.05) is 20.4 Å². The lowest BCUT2D eigenvalue weighted by Crippen LogP contribution is -2.58. The number of benzene rings is 4. The number of amides is 2. The van der Waals surface area contributed by atoms with E-state index in [-0.39, 0.29) is 46.8 Å². The highest BCUT2D eigenvalue weighted by atomic mass is 16.3. The molecule has 2 amide bonds.